The van der Waals surface area contributed by atoms with Crippen LogP contribution in [0.1, 0.15) is 32.4 Å². The second-order valence-electron chi connectivity index (χ2n) is 4.00. The van der Waals surface area contributed by atoms with Gasteiger partial charge in [0.2, 0.25) is 0 Å². The molecule has 0 saturated heterocycles. The van der Waals surface area contributed by atoms with Crippen molar-refractivity contribution in [3.63, 3.8) is 0 Å². The Morgan fingerprint density at radius 3 is 2.75 bits per heavy atom. The van der Waals surface area contributed by atoms with E-state index in [4.69, 9.17) is 4.74 Å². The van der Waals surface area contributed by atoms with Crippen LogP contribution in [0.2, 0.25) is 0 Å². The molecule has 0 aliphatic rings. The zero-order valence-corrected chi connectivity index (χ0v) is 11.8. The van der Waals surface area contributed by atoms with Crippen LogP contribution in [0.4, 0.5) is 0 Å². The standard InChI is InChI=1S/C13H20BrNO/c1-4-16-9-10(2)15-11(3)12-6-5-7-13(14)8-12/h5-8,10-11,15H,4,9H2,1-3H3/t10?,11-/m1/s1. The fraction of sp³-hybridized carbons (Fsp3) is 0.538. The molecule has 1 aromatic carbocycles. The van der Waals surface area contributed by atoms with Gasteiger partial charge in [-0.25, -0.2) is 0 Å². The lowest BCUT2D eigenvalue weighted by molar-refractivity contribution is 0.124. The van der Waals surface area contributed by atoms with Crippen LogP contribution in [0, 0.1) is 0 Å². The molecule has 0 amide bonds. The van der Waals surface area contributed by atoms with E-state index in [9.17, 15) is 0 Å². The van der Waals surface area contributed by atoms with E-state index < -0.39 is 0 Å². The molecule has 2 atom stereocenters. The molecule has 90 valence electrons. The summed E-state index contributed by atoms with van der Waals surface area (Å²) in [5.41, 5.74) is 1.29. The molecule has 3 heteroatoms. The molecule has 0 aromatic heterocycles. The lowest BCUT2D eigenvalue weighted by Crippen LogP contribution is -2.32. The number of halogens is 1. The summed E-state index contributed by atoms with van der Waals surface area (Å²) in [5.74, 6) is 0. The van der Waals surface area contributed by atoms with Gasteiger partial charge in [-0.15, -0.1) is 0 Å². The Hall–Kier alpha value is -0.380. The third-order valence-corrected chi connectivity index (χ3v) is 2.95. The lowest BCUT2D eigenvalue weighted by Gasteiger charge is -2.20. The summed E-state index contributed by atoms with van der Waals surface area (Å²) in [6, 6.07) is 9.09. The zero-order valence-electron chi connectivity index (χ0n) is 10.2. The minimum Gasteiger partial charge on any atom is -0.380 e. The number of hydrogen-bond donors (Lipinski definition) is 1. The molecule has 0 aliphatic carbocycles. The second-order valence-corrected chi connectivity index (χ2v) is 4.92. The summed E-state index contributed by atoms with van der Waals surface area (Å²) in [4.78, 5) is 0. The van der Waals surface area contributed by atoms with Gasteiger partial charge >= 0.3 is 0 Å². The predicted octanol–water partition coefficient (Wildman–Crippen LogP) is 3.52. The molecule has 0 spiro atoms. The number of ether oxygens (including phenoxy) is 1. The Labute approximate surface area is 107 Å². The van der Waals surface area contributed by atoms with Gasteiger partial charge in [0.15, 0.2) is 0 Å². The van der Waals surface area contributed by atoms with Gasteiger partial charge in [-0.05, 0) is 38.5 Å². The SMILES string of the molecule is CCOCC(C)N[C@H](C)c1cccc(Br)c1. The normalized spacial score (nSPS) is 14.8. The van der Waals surface area contributed by atoms with E-state index >= 15 is 0 Å². The van der Waals surface area contributed by atoms with Crippen LogP contribution in [0.25, 0.3) is 0 Å². The molecule has 2 nitrogen and oxygen atoms in total. The summed E-state index contributed by atoms with van der Waals surface area (Å²) in [5, 5.41) is 3.51. The van der Waals surface area contributed by atoms with Crippen molar-refractivity contribution in [3.05, 3.63) is 34.3 Å². The molecule has 16 heavy (non-hydrogen) atoms. The first-order valence-corrected chi connectivity index (χ1v) is 6.52. The maximum absolute atomic E-state index is 5.38. The van der Waals surface area contributed by atoms with Gasteiger partial charge in [0, 0.05) is 23.2 Å². The molecule has 0 saturated carbocycles. The van der Waals surface area contributed by atoms with E-state index in [0.29, 0.717) is 12.1 Å². The highest BCUT2D eigenvalue weighted by molar-refractivity contribution is 9.10. The Bertz CT molecular complexity index is 317. The Morgan fingerprint density at radius 2 is 2.12 bits per heavy atom. The van der Waals surface area contributed by atoms with E-state index in [2.05, 4.69) is 53.3 Å². The highest BCUT2D eigenvalue weighted by Gasteiger charge is 2.09. The Kier molecular flexibility index (Phi) is 6.03. The molecular formula is C13H20BrNO. The number of nitrogens with one attached hydrogen (secondary N) is 1. The van der Waals surface area contributed by atoms with Crippen molar-refractivity contribution >= 4 is 15.9 Å². The molecule has 0 radical (unpaired) electrons. The highest BCUT2D eigenvalue weighted by Crippen LogP contribution is 2.18. The molecule has 0 bridgehead atoms. The van der Waals surface area contributed by atoms with Crippen LogP contribution in [-0.2, 0) is 4.74 Å². The molecule has 1 aromatic rings. The fourth-order valence-corrected chi connectivity index (χ4v) is 2.06. The van der Waals surface area contributed by atoms with Gasteiger partial charge in [-0.3, -0.25) is 0 Å². The first-order chi connectivity index (χ1) is 7.63. The van der Waals surface area contributed by atoms with Crippen LogP contribution in [-0.4, -0.2) is 19.3 Å². The van der Waals surface area contributed by atoms with Crippen molar-refractivity contribution < 1.29 is 4.74 Å². The van der Waals surface area contributed by atoms with Crippen molar-refractivity contribution in [1.29, 1.82) is 0 Å². The van der Waals surface area contributed by atoms with E-state index in [1.54, 1.807) is 0 Å². The average Bonchev–Trinajstić information content (AvgIpc) is 2.26. The maximum Gasteiger partial charge on any atom is 0.0616 e. The number of hydrogen-bond acceptors (Lipinski definition) is 2. The third kappa shape index (κ3) is 4.64. The molecule has 0 heterocycles. The molecule has 0 aliphatic heterocycles. The third-order valence-electron chi connectivity index (χ3n) is 2.46. The first kappa shape index (κ1) is 13.7. The van der Waals surface area contributed by atoms with Crippen LogP contribution in [0.5, 0.6) is 0 Å². The van der Waals surface area contributed by atoms with E-state index in [1.807, 2.05) is 13.0 Å². The maximum atomic E-state index is 5.38. The van der Waals surface area contributed by atoms with Crippen molar-refractivity contribution in [3.8, 4) is 0 Å². The van der Waals surface area contributed by atoms with E-state index in [0.717, 1.165) is 17.7 Å². The Morgan fingerprint density at radius 1 is 1.38 bits per heavy atom. The number of rotatable bonds is 6. The van der Waals surface area contributed by atoms with Gasteiger partial charge in [-0.1, -0.05) is 28.1 Å². The van der Waals surface area contributed by atoms with E-state index in [1.165, 1.54) is 5.56 Å². The second kappa shape index (κ2) is 7.05. The topological polar surface area (TPSA) is 21.3 Å². The summed E-state index contributed by atoms with van der Waals surface area (Å²) >= 11 is 3.49. The summed E-state index contributed by atoms with van der Waals surface area (Å²) in [7, 11) is 0. The molecular weight excluding hydrogens is 266 g/mol. The molecule has 1 unspecified atom stereocenters. The van der Waals surface area contributed by atoms with Crippen LogP contribution >= 0.6 is 15.9 Å². The molecule has 0 fully saturated rings. The summed E-state index contributed by atoms with van der Waals surface area (Å²) in [6.45, 7) is 7.87. The van der Waals surface area contributed by atoms with Crippen molar-refractivity contribution in [2.24, 2.45) is 0 Å². The van der Waals surface area contributed by atoms with E-state index in [-0.39, 0.29) is 0 Å². The fourth-order valence-electron chi connectivity index (χ4n) is 1.64. The Balaban J connectivity index is 2.48. The van der Waals surface area contributed by atoms with Gasteiger partial charge in [0.05, 0.1) is 6.61 Å². The van der Waals surface area contributed by atoms with Crippen molar-refractivity contribution in [2.75, 3.05) is 13.2 Å². The smallest absolute Gasteiger partial charge is 0.0616 e. The molecule has 1 rings (SSSR count). The first-order valence-electron chi connectivity index (χ1n) is 5.72. The van der Waals surface area contributed by atoms with Gasteiger partial charge in [0.1, 0.15) is 0 Å². The van der Waals surface area contributed by atoms with Crippen LogP contribution < -0.4 is 5.32 Å². The summed E-state index contributed by atoms with van der Waals surface area (Å²) < 4.78 is 6.51. The predicted molar refractivity (Wildman–Crippen MR) is 71.6 cm³/mol. The van der Waals surface area contributed by atoms with Crippen LogP contribution in [0.15, 0.2) is 28.7 Å². The quantitative estimate of drug-likeness (QED) is 0.864. The van der Waals surface area contributed by atoms with Gasteiger partial charge in [-0.2, -0.15) is 0 Å². The van der Waals surface area contributed by atoms with Crippen molar-refractivity contribution in [1.82, 2.24) is 5.32 Å². The average molecular weight is 286 g/mol. The zero-order chi connectivity index (χ0) is 12.0. The van der Waals surface area contributed by atoms with Gasteiger partial charge < -0.3 is 10.1 Å². The minimum atomic E-state index is 0.341. The highest BCUT2D eigenvalue weighted by atomic mass is 79.9. The number of benzene rings is 1. The summed E-state index contributed by atoms with van der Waals surface area (Å²) in [6.07, 6.45) is 0. The van der Waals surface area contributed by atoms with Crippen LogP contribution in [0.3, 0.4) is 0 Å². The lowest BCUT2D eigenvalue weighted by atomic mass is 10.1. The van der Waals surface area contributed by atoms with Gasteiger partial charge in [0.25, 0.3) is 0 Å². The monoisotopic (exact) mass is 285 g/mol. The minimum absolute atomic E-state index is 0.341. The molecule has 1 N–H and O–H groups in total. The largest absolute Gasteiger partial charge is 0.380 e. The van der Waals surface area contributed by atoms with Crippen molar-refractivity contribution in [2.45, 2.75) is 32.9 Å².